The first kappa shape index (κ1) is 20.8. The topological polar surface area (TPSA) is 50.2 Å². The van der Waals surface area contributed by atoms with Crippen LogP contribution in [-0.4, -0.2) is 16.1 Å². The van der Waals surface area contributed by atoms with Crippen LogP contribution in [0.1, 0.15) is 39.2 Å². The Hall–Kier alpha value is -3.43. The minimum absolute atomic E-state index is 0.392. The lowest BCUT2D eigenvalue weighted by Crippen LogP contribution is -2.02. The molecule has 1 heterocycles. The van der Waals surface area contributed by atoms with Crippen molar-refractivity contribution < 1.29 is 9.90 Å². The van der Waals surface area contributed by atoms with Crippen LogP contribution in [0.5, 0.6) is 0 Å². The number of nitrogens with zero attached hydrogens (tertiary/aromatic N) is 1. The molecule has 1 N–H and O–H groups in total. The van der Waals surface area contributed by atoms with Crippen LogP contribution in [-0.2, 0) is 12.8 Å². The van der Waals surface area contributed by atoms with E-state index in [1.54, 1.807) is 12.1 Å². The number of aromatic carboxylic acids is 1. The van der Waals surface area contributed by atoms with Gasteiger partial charge in [-0.15, -0.1) is 0 Å². The second-order valence-corrected chi connectivity index (χ2v) is 7.90. The van der Waals surface area contributed by atoms with E-state index in [-0.39, 0.29) is 0 Å². The van der Waals surface area contributed by atoms with Crippen LogP contribution in [0.4, 0.5) is 0 Å². The van der Waals surface area contributed by atoms with Gasteiger partial charge in [-0.25, -0.2) is 9.78 Å². The van der Waals surface area contributed by atoms with E-state index in [0.717, 1.165) is 47.0 Å². The first-order valence-electron chi connectivity index (χ1n) is 10.2. The molecule has 0 aliphatic heterocycles. The van der Waals surface area contributed by atoms with E-state index in [1.165, 1.54) is 5.56 Å². The normalized spacial score (nSPS) is 11.3. The molecule has 0 saturated heterocycles. The van der Waals surface area contributed by atoms with Crippen molar-refractivity contribution in [1.29, 1.82) is 0 Å². The number of carboxylic acids is 1. The van der Waals surface area contributed by atoms with E-state index in [0.29, 0.717) is 10.6 Å². The largest absolute Gasteiger partial charge is 0.478 e. The lowest BCUT2D eigenvalue weighted by atomic mass is 9.99. The third kappa shape index (κ3) is 5.39. The van der Waals surface area contributed by atoms with E-state index < -0.39 is 5.97 Å². The van der Waals surface area contributed by atoms with E-state index in [1.807, 2.05) is 54.6 Å². The number of hydrogen-bond acceptors (Lipinski definition) is 2. The zero-order chi connectivity index (χ0) is 21.6. The van der Waals surface area contributed by atoms with Gasteiger partial charge >= 0.3 is 5.97 Å². The summed E-state index contributed by atoms with van der Waals surface area (Å²) in [5.41, 5.74) is 5.37. The molecular formula is C27H22ClNO2. The van der Waals surface area contributed by atoms with Crippen LogP contribution >= 0.6 is 11.6 Å². The highest BCUT2D eigenvalue weighted by molar-refractivity contribution is 6.31. The highest BCUT2D eigenvalue weighted by atomic mass is 35.5. The molecule has 0 fully saturated rings. The molecule has 0 bridgehead atoms. The Morgan fingerprint density at radius 1 is 0.903 bits per heavy atom. The summed E-state index contributed by atoms with van der Waals surface area (Å²) in [4.78, 5) is 16.0. The van der Waals surface area contributed by atoms with Gasteiger partial charge in [0, 0.05) is 10.4 Å². The van der Waals surface area contributed by atoms with Crippen molar-refractivity contribution in [3.63, 3.8) is 0 Å². The predicted molar refractivity (Wildman–Crippen MR) is 128 cm³/mol. The summed E-state index contributed by atoms with van der Waals surface area (Å²) in [7, 11) is 0. The van der Waals surface area contributed by atoms with Gasteiger partial charge in [-0.05, 0) is 66.3 Å². The van der Waals surface area contributed by atoms with Crippen molar-refractivity contribution in [3.8, 4) is 0 Å². The van der Waals surface area contributed by atoms with Gasteiger partial charge in [0.15, 0.2) is 0 Å². The lowest BCUT2D eigenvalue weighted by Gasteiger charge is -2.06. The SMILES string of the molecule is O=C(O)c1ccccc1CCCc1cccc(/C=C/c2ccc3ccc(Cl)cc3n2)c1. The minimum Gasteiger partial charge on any atom is -0.478 e. The number of hydrogen-bond donors (Lipinski definition) is 1. The predicted octanol–water partition coefficient (Wildman–Crippen LogP) is 6.93. The summed E-state index contributed by atoms with van der Waals surface area (Å²) in [6.45, 7) is 0. The van der Waals surface area contributed by atoms with Gasteiger partial charge in [0.1, 0.15) is 0 Å². The first-order valence-corrected chi connectivity index (χ1v) is 10.6. The van der Waals surface area contributed by atoms with Crippen molar-refractivity contribution in [2.75, 3.05) is 0 Å². The number of carboxylic acid groups (broad SMARTS) is 1. The standard InChI is InChI=1S/C27H22ClNO2/c28-23-14-12-22-13-16-24(29-26(22)18-23)15-11-20-6-3-5-19(17-20)7-4-9-21-8-1-2-10-25(21)27(30)31/h1-3,5-6,8,10-18H,4,7,9H2,(H,30,31)/b15-11+. The van der Waals surface area contributed by atoms with Crippen molar-refractivity contribution in [1.82, 2.24) is 4.98 Å². The summed E-state index contributed by atoms with van der Waals surface area (Å²) in [6.07, 6.45) is 6.59. The Morgan fingerprint density at radius 3 is 2.61 bits per heavy atom. The highest BCUT2D eigenvalue weighted by Gasteiger charge is 2.08. The first-order chi connectivity index (χ1) is 15.1. The molecule has 0 amide bonds. The smallest absolute Gasteiger partial charge is 0.335 e. The summed E-state index contributed by atoms with van der Waals surface area (Å²) in [5, 5.41) is 11.1. The molecule has 0 aliphatic carbocycles. The Balaban J connectivity index is 1.42. The van der Waals surface area contributed by atoms with Gasteiger partial charge in [0.05, 0.1) is 16.8 Å². The van der Waals surface area contributed by atoms with E-state index >= 15 is 0 Å². The van der Waals surface area contributed by atoms with Crippen LogP contribution in [0.3, 0.4) is 0 Å². The maximum absolute atomic E-state index is 11.4. The highest BCUT2D eigenvalue weighted by Crippen LogP contribution is 2.19. The molecule has 0 atom stereocenters. The summed E-state index contributed by atoms with van der Waals surface area (Å²) < 4.78 is 0. The fourth-order valence-corrected chi connectivity index (χ4v) is 3.83. The molecule has 31 heavy (non-hydrogen) atoms. The molecule has 4 aromatic rings. The molecule has 1 aromatic heterocycles. The maximum atomic E-state index is 11.4. The van der Waals surface area contributed by atoms with Crippen molar-refractivity contribution in [3.05, 3.63) is 112 Å². The second-order valence-electron chi connectivity index (χ2n) is 7.47. The average Bonchev–Trinajstić information content (AvgIpc) is 2.78. The molecule has 0 spiro atoms. The molecule has 4 heteroatoms. The van der Waals surface area contributed by atoms with Gasteiger partial charge in [-0.3, -0.25) is 0 Å². The zero-order valence-corrected chi connectivity index (χ0v) is 17.7. The summed E-state index contributed by atoms with van der Waals surface area (Å²) in [5.74, 6) is -0.868. The van der Waals surface area contributed by atoms with Crippen molar-refractivity contribution >= 4 is 40.6 Å². The van der Waals surface area contributed by atoms with Crippen LogP contribution in [0.2, 0.25) is 5.02 Å². The Morgan fingerprint density at radius 2 is 1.74 bits per heavy atom. The van der Waals surface area contributed by atoms with Gasteiger partial charge in [0.25, 0.3) is 0 Å². The second kappa shape index (κ2) is 9.59. The number of rotatable bonds is 7. The number of carbonyl (C=O) groups is 1. The van der Waals surface area contributed by atoms with Crippen LogP contribution in [0.25, 0.3) is 23.1 Å². The Bertz CT molecular complexity index is 1260. The van der Waals surface area contributed by atoms with E-state index in [9.17, 15) is 9.90 Å². The number of fused-ring (bicyclic) bond motifs is 1. The van der Waals surface area contributed by atoms with Crippen LogP contribution in [0, 0.1) is 0 Å². The van der Waals surface area contributed by atoms with E-state index in [2.05, 4.69) is 29.3 Å². The monoisotopic (exact) mass is 427 g/mol. The fourth-order valence-electron chi connectivity index (χ4n) is 3.66. The number of benzene rings is 3. The third-order valence-electron chi connectivity index (χ3n) is 5.23. The van der Waals surface area contributed by atoms with Gasteiger partial charge in [-0.2, -0.15) is 0 Å². The summed E-state index contributed by atoms with van der Waals surface area (Å²) in [6, 6.07) is 25.4. The van der Waals surface area contributed by atoms with Crippen LogP contribution < -0.4 is 0 Å². The third-order valence-corrected chi connectivity index (χ3v) is 5.47. The molecule has 3 nitrogen and oxygen atoms in total. The molecule has 3 aromatic carbocycles. The molecule has 0 aliphatic rings. The molecule has 4 rings (SSSR count). The number of halogens is 1. The van der Waals surface area contributed by atoms with Crippen molar-refractivity contribution in [2.24, 2.45) is 0 Å². The molecule has 0 radical (unpaired) electrons. The number of aromatic nitrogens is 1. The quantitative estimate of drug-likeness (QED) is 0.347. The molecule has 0 saturated carbocycles. The summed E-state index contributed by atoms with van der Waals surface area (Å²) >= 11 is 6.08. The van der Waals surface area contributed by atoms with Gasteiger partial charge < -0.3 is 5.11 Å². The van der Waals surface area contributed by atoms with Crippen molar-refractivity contribution in [2.45, 2.75) is 19.3 Å². The van der Waals surface area contributed by atoms with Gasteiger partial charge in [0.2, 0.25) is 0 Å². The van der Waals surface area contributed by atoms with E-state index in [4.69, 9.17) is 11.6 Å². The molecule has 0 unspecified atom stereocenters. The fraction of sp³-hybridized carbons (Fsp3) is 0.111. The number of aryl methyl sites for hydroxylation is 2. The Labute approximate surface area is 186 Å². The number of pyridine rings is 1. The van der Waals surface area contributed by atoms with Crippen LogP contribution in [0.15, 0.2) is 78.9 Å². The lowest BCUT2D eigenvalue weighted by molar-refractivity contribution is 0.0695. The Kier molecular flexibility index (Phi) is 6.44. The maximum Gasteiger partial charge on any atom is 0.335 e. The molecular weight excluding hydrogens is 406 g/mol. The van der Waals surface area contributed by atoms with Gasteiger partial charge in [-0.1, -0.05) is 72.3 Å². The zero-order valence-electron chi connectivity index (χ0n) is 17.0. The molecule has 154 valence electrons. The average molecular weight is 428 g/mol. The minimum atomic E-state index is -0.868.